The maximum Gasteiger partial charge on any atom is 0.410 e. The molecule has 10 nitrogen and oxygen atoms in total. The molecule has 0 aliphatic heterocycles. The molecule has 2 amide bonds. The summed E-state index contributed by atoms with van der Waals surface area (Å²) in [5.74, 6) is 1.67. The number of ether oxygens (including phenoxy) is 2. The number of nitrogens with one attached hydrogen (secondary N) is 1. The molecule has 0 spiro atoms. The zero-order valence-electron chi connectivity index (χ0n) is 26.6. The highest BCUT2D eigenvalue weighted by Gasteiger charge is 2.31. The van der Waals surface area contributed by atoms with Gasteiger partial charge in [0.1, 0.15) is 22.2 Å². The molecule has 42 heavy (non-hydrogen) atoms. The Morgan fingerprint density at radius 1 is 0.905 bits per heavy atom. The van der Waals surface area contributed by atoms with Gasteiger partial charge in [-0.1, -0.05) is 30.9 Å². The first-order chi connectivity index (χ1) is 19.7. The number of nitrogens with two attached hydrogens (primary N) is 1. The minimum atomic E-state index is -0.574. The van der Waals surface area contributed by atoms with Gasteiger partial charge in [-0.15, -0.1) is 0 Å². The fourth-order valence-electron chi connectivity index (χ4n) is 5.83. The first-order valence-electron chi connectivity index (χ1n) is 15.7. The van der Waals surface area contributed by atoms with Crippen LogP contribution in [-0.2, 0) is 9.47 Å². The molecule has 0 aromatic carbocycles. The van der Waals surface area contributed by atoms with Crippen molar-refractivity contribution in [3.8, 4) is 0 Å². The second-order valence-corrected chi connectivity index (χ2v) is 14.3. The van der Waals surface area contributed by atoms with Gasteiger partial charge in [0.25, 0.3) is 0 Å². The first-order valence-corrected chi connectivity index (χ1v) is 16.1. The van der Waals surface area contributed by atoms with Crippen molar-refractivity contribution in [3.05, 3.63) is 11.2 Å². The predicted molar refractivity (Wildman–Crippen MR) is 168 cm³/mol. The first kappa shape index (κ1) is 34.0. The molecule has 3 N–H and O–H groups in total. The van der Waals surface area contributed by atoms with Gasteiger partial charge in [-0.3, -0.25) is 0 Å². The van der Waals surface area contributed by atoms with E-state index in [0.29, 0.717) is 54.8 Å². The zero-order valence-corrected chi connectivity index (χ0v) is 27.3. The minimum Gasteiger partial charge on any atom is -0.444 e. The number of halogens is 1. The van der Waals surface area contributed by atoms with Crippen molar-refractivity contribution in [2.45, 2.75) is 123 Å². The van der Waals surface area contributed by atoms with E-state index in [2.05, 4.69) is 15.3 Å². The summed E-state index contributed by atoms with van der Waals surface area (Å²) < 4.78 is 11.6. The number of rotatable bonds is 10. The van der Waals surface area contributed by atoms with Crippen molar-refractivity contribution >= 4 is 35.6 Å². The van der Waals surface area contributed by atoms with E-state index < -0.39 is 11.2 Å². The lowest BCUT2D eigenvalue weighted by Gasteiger charge is -2.37. The summed E-state index contributed by atoms with van der Waals surface area (Å²) in [6, 6.07) is 1.72. The molecule has 0 unspecified atom stereocenters. The van der Waals surface area contributed by atoms with Crippen LogP contribution in [0.25, 0.3) is 0 Å². The van der Waals surface area contributed by atoms with E-state index in [1.54, 1.807) is 0 Å². The smallest absolute Gasteiger partial charge is 0.410 e. The molecule has 1 aromatic heterocycles. The minimum absolute atomic E-state index is 0.196. The van der Waals surface area contributed by atoms with Crippen LogP contribution in [0.2, 0.25) is 5.15 Å². The third kappa shape index (κ3) is 12.0. The molecule has 2 saturated carbocycles. The fraction of sp³-hybridized carbons (Fsp3) is 0.806. The Hall–Kier alpha value is -2.49. The Kier molecular flexibility index (Phi) is 12.4. The van der Waals surface area contributed by atoms with E-state index in [-0.39, 0.29) is 18.2 Å². The van der Waals surface area contributed by atoms with Crippen LogP contribution >= 0.6 is 11.6 Å². The fourth-order valence-corrected chi connectivity index (χ4v) is 6.02. The lowest BCUT2D eigenvalue weighted by atomic mass is 9.81. The summed E-state index contributed by atoms with van der Waals surface area (Å²) in [7, 11) is 0. The van der Waals surface area contributed by atoms with Crippen molar-refractivity contribution in [1.29, 1.82) is 0 Å². The van der Waals surface area contributed by atoms with Gasteiger partial charge in [0.2, 0.25) is 5.95 Å². The molecule has 0 radical (unpaired) electrons. The molecule has 0 atom stereocenters. The third-order valence-corrected chi connectivity index (χ3v) is 8.02. The number of anilines is 2. The number of carbonyl (C=O) groups is 2. The van der Waals surface area contributed by atoms with Gasteiger partial charge in [-0.05, 0) is 98.3 Å². The summed E-state index contributed by atoms with van der Waals surface area (Å²) in [6.45, 7) is 13.9. The van der Waals surface area contributed by atoms with Gasteiger partial charge < -0.3 is 30.3 Å². The molecule has 2 aliphatic rings. The Bertz CT molecular complexity index is 993. The van der Waals surface area contributed by atoms with E-state index in [0.717, 1.165) is 57.9 Å². The molecule has 1 heterocycles. The van der Waals surface area contributed by atoms with Crippen LogP contribution in [0.4, 0.5) is 21.4 Å². The van der Waals surface area contributed by atoms with E-state index in [1.807, 2.05) is 51.3 Å². The maximum atomic E-state index is 13.3. The van der Waals surface area contributed by atoms with Gasteiger partial charge >= 0.3 is 12.2 Å². The Balaban J connectivity index is 1.56. The summed E-state index contributed by atoms with van der Waals surface area (Å²) in [5, 5.41) is 3.59. The van der Waals surface area contributed by atoms with Crippen LogP contribution in [0.1, 0.15) is 106 Å². The highest BCUT2D eigenvalue weighted by atomic mass is 35.5. The number of nitrogen functional groups attached to an aromatic ring is 1. The zero-order chi connectivity index (χ0) is 30.9. The highest BCUT2D eigenvalue weighted by molar-refractivity contribution is 6.29. The second kappa shape index (κ2) is 15.3. The van der Waals surface area contributed by atoms with Crippen LogP contribution in [0.5, 0.6) is 0 Å². The lowest BCUT2D eigenvalue weighted by Crippen LogP contribution is -2.46. The Labute approximate surface area is 257 Å². The van der Waals surface area contributed by atoms with Gasteiger partial charge in [-0.2, -0.15) is 4.98 Å². The summed E-state index contributed by atoms with van der Waals surface area (Å²) in [6.07, 6.45) is 9.76. The third-order valence-electron chi connectivity index (χ3n) is 7.83. The van der Waals surface area contributed by atoms with Crippen LogP contribution in [0.15, 0.2) is 6.07 Å². The van der Waals surface area contributed by atoms with Gasteiger partial charge in [-0.25, -0.2) is 14.6 Å². The molecule has 3 rings (SSSR count). The van der Waals surface area contributed by atoms with Crippen molar-refractivity contribution in [1.82, 2.24) is 19.8 Å². The number of hydrogen-bond acceptors (Lipinski definition) is 8. The number of carbonyl (C=O) groups excluding carboxylic acids is 2. The average molecular weight is 609 g/mol. The topological polar surface area (TPSA) is 123 Å². The lowest BCUT2D eigenvalue weighted by molar-refractivity contribution is 0.00904. The average Bonchev–Trinajstić information content (AvgIpc) is 2.88. The van der Waals surface area contributed by atoms with Gasteiger partial charge in [0.15, 0.2) is 0 Å². The van der Waals surface area contributed by atoms with Gasteiger partial charge in [0, 0.05) is 38.3 Å². The summed E-state index contributed by atoms with van der Waals surface area (Å²) in [4.78, 5) is 38.6. The summed E-state index contributed by atoms with van der Waals surface area (Å²) >= 11 is 6.00. The monoisotopic (exact) mass is 608 g/mol. The van der Waals surface area contributed by atoms with E-state index in [9.17, 15) is 9.59 Å². The quantitative estimate of drug-likeness (QED) is 0.269. The normalized spacial score (nSPS) is 20.1. The largest absolute Gasteiger partial charge is 0.444 e. The molecule has 1 aromatic rings. The molecule has 2 fully saturated rings. The van der Waals surface area contributed by atoms with Crippen LogP contribution in [0, 0.1) is 11.8 Å². The Morgan fingerprint density at radius 3 is 2.10 bits per heavy atom. The van der Waals surface area contributed by atoms with Crippen molar-refractivity contribution in [2.75, 3.05) is 37.2 Å². The molecule has 0 saturated heterocycles. The van der Waals surface area contributed by atoms with Crippen LogP contribution < -0.4 is 11.1 Å². The number of nitrogens with zero attached hydrogens (tertiary/aromatic N) is 4. The molecule has 0 bridgehead atoms. The highest BCUT2D eigenvalue weighted by Crippen LogP contribution is 2.30. The molecule has 11 heteroatoms. The van der Waals surface area contributed by atoms with E-state index >= 15 is 0 Å². The molecular formula is C31H53ClN6O4. The van der Waals surface area contributed by atoms with Gasteiger partial charge in [0.05, 0.1) is 0 Å². The standard InChI is InChI=1S/C31H53ClN6O4/c1-30(2,3)41-28(39)37(17-10-18-38(24-11-8-7-9-12-24)29(40)42-31(4,5)6)21-23-15-13-22(14-16-23)20-34-27-35-25(32)19-26(33)36-27/h19,22-24H,7-18,20-21H2,1-6H3,(H3,33,34,35,36). The number of aromatic nitrogens is 2. The summed E-state index contributed by atoms with van der Waals surface area (Å²) in [5.41, 5.74) is 4.66. The van der Waals surface area contributed by atoms with Crippen molar-refractivity contribution in [3.63, 3.8) is 0 Å². The van der Waals surface area contributed by atoms with E-state index in [1.165, 1.54) is 12.5 Å². The van der Waals surface area contributed by atoms with Crippen LogP contribution in [-0.4, -0.2) is 75.4 Å². The number of hydrogen-bond donors (Lipinski definition) is 2. The molecule has 238 valence electrons. The molecular weight excluding hydrogens is 556 g/mol. The van der Waals surface area contributed by atoms with Crippen molar-refractivity contribution < 1.29 is 19.1 Å². The second-order valence-electron chi connectivity index (χ2n) is 14.0. The molecule has 2 aliphatic carbocycles. The maximum absolute atomic E-state index is 13.3. The number of amides is 2. The van der Waals surface area contributed by atoms with Crippen molar-refractivity contribution in [2.24, 2.45) is 11.8 Å². The Morgan fingerprint density at radius 2 is 1.50 bits per heavy atom. The van der Waals surface area contributed by atoms with Crippen LogP contribution in [0.3, 0.4) is 0 Å². The van der Waals surface area contributed by atoms with E-state index in [4.69, 9.17) is 26.8 Å². The SMILES string of the molecule is CC(C)(C)OC(=O)N(CCCN(C(=O)OC(C)(C)C)C1CCCCC1)CC1CCC(CNc2nc(N)cc(Cl)n2)CC1. The predicted octanol–water partition coefficient (Wildman–Crippen LogP) is 7.13.